The van der Waals surface area contributed by atoms with Crippen molar-refractivity contribution in [3.05, 3.63) is 21.9 Å². The zero-order chi connectivity index (χ0) is 11.5. The second kappa shape index (κ2) is 4.65. The molecule has 1 aliphatic rings. The quantitative estimate of drug-likeness (QED) is 0.752. The Morgan fingerprint density at radius 1 is 1.62 bits per heavy atom. The maximum atomic E-state index is 11.8. The van der Waals surface area contributed by atoms with E-state index in [9.17, 15) is 9.59 Å². The average molecular weight is 239 g/mol. The van der Waals surface area contributed by atoms with Gasteiger partial charge in [0.15, 0.2) is 5.78 Å². The Morgan fingerprint density at radius 2 is 2.44 bits per heavy atom. The highest BCUT2D eigenvalue weighted by Crippen LogP contribution is 2.21. The highest BCUT2D eigenvalue weighted by molar-refractivity contribution is 7.12. The van der Waals surface area contributed by atoms with Gasteiger partial charge in [-0.15, -0.1) is 11.3 Å². The third-order valence-corrected chi connectivity index (χ3v) is 3.51. The largest absolute Gasteiger partial charge is 0.450 e. The molecule has 1 aromatic heterocycles. The molecule has 2 heterocycles. The summed E-state index contributed by atoms with van der Waals surface area (Å²) < 4.78 is 4.90. The highest BCUT2D eigenvalue weighted by Gasteiger charge is 2.25. The summed E-state index contributed by atoms with van der Waals surface area (Å²) in [6, 6.07) is 1.95. The predicted octanol–water partition coefficient (Wildman–Crippen LogP) is 1.95. The van der Waals surface area contributed by atoms with Crippen LogP contribution in [0.5, 0.6) is 0 Å². The first kappa shape index (κ1) is 11.1. The van der Waals surface area contributed by atoms with Crippen molar-refractivity contribution in [1.29, 1.82) is 0 Å². The van der Waals surface area contributed by atoms with Gasteiger partial charge in [0.05, 0.1) is 18.0 Å². The van der Waals surface area contributed by atoms with Gasteiger partial charge in [-0.1, -0.05) is 0 Å². The molecule has 5 heteroatoms. The first-order valence-electron chi connectivity index (χ1n) is 5.23. The summed E-state index contributed by atoms with van der Waals surface area (Å²) in [6.07, 6.45) is 0.328. The number of carbonyl (C=O) groups is 2. The molecule has 0 fully saturated rings. The van der Waals surface area contributed by atoms with Crippen LogP contribution in [-0.2, 0) is 11.2 Å². The third kappa shape index (κ3) is 2.09. The Bertz CT molecular complexity index is 413. The van der Waals surface area contributed by atoms with Crippen molar-refractivity contribution >= 4 is 23.2 Å². The second-order valence-corrected chi connectivity index (χ2v) is 4.48. The van der Waals surface area contributed by atoms with Gasteiger partial charge in [-0.3, -0.25) is 4.79 Å². The van der Waals surface area contributed by atoms with Gasteiger partial charge in [-0.25, -0.2) is 4.79 Å². The molecule has 0 spiro atoms. The SMILES string of the molecule is CCOC(=O)N1CCc2ccsc2C(=O)C1. The lowest BCUT2D eigenvalue weighted by Crippen LogP contribution is -2.35. The van der Waals surface area contributed by atoms with Crippen molar-refractivity contribution in [2.24, 2.45) is 0 Å². The molecular weight excluding hydrogens is 226 g/mol. The van der Waals surface area contributed by atoms with Gasteiger partial charge in [-0.05, 0) is 30.4 Å². The van der Waals surface area contributed by atoms with E-state index in [1.165, 1.54) is 16.2 Å². The summed E-state index contributed by atoms with van der Waals surface area (Å²) in [5.74, 6) is 0.00977. The van der Waals surface area contributed by atoms with E-state index < -0.39 is 6.09 Å². The number of ether oxygens (including phenoxy) is 1. The van der Waals surface area contributed by atoms with Crippen LogP contribution in [0.1, 0.15) is 22.2 Å². The molecule has 86 valence electrons. The molecule has 1 aromatic rings. The van der Waals surface area contributed by atoms with E-state index in [2.05, 4.69) is 0 Å². The minimum absolute atomic E-state index is 0.00977. The number of fused-ring (bicyclic) bond motifs is 1. The monoisotopic (exact) mass is 239 g/mol. The topological polar surface area (TPSA) is 46.6 Å². The van der Waals surface area contributed by atoms with Crippen molar-refractivity contribution in [2.75, 3.05) is 19.7 Å². The van der Waals surface area contributed by atoms with Crippen molar-refractivity contribution < 1.29 is 14.3 Å². The molecule has 0 saturated carbocycles. The van der Waals surface area contributed by atoms with Crippen LogP contribution in [0.3, 0.4) is 0 Å². The molecule has 0 atom stereocenters. The number of ketones is 1. The molecule has 1 aliphatic heterocycles. The molecule has 0 unspecified atom stereocenters. The Kier molecular flexibility index (Phi) is 3.24. The number of hydrogen-bond acceptors (Lipinski definition) is 4. The van der Waals surface area contributed by atoms with Gasteiger partial charge >= 0.3 is 6.09 Å². The fourth-order valence-corrected chi connectivity index (χ4v) is 2.61. The van der Waals surface area contributed by atoms with Crippen LogP contribution in [0.4, 0.5) is 4.79 Å². The number of hydrogen-bond donors (Lipinski definition) is 0. The van der Waals surface area contributed by atoms with Crippen LogP contribution in [0, 0.1) is 0 Å². The van der Waals surface area contributed by atoms with Crippen LogP contribution in [-0.4, -0.2) is 36.5 Å². The second-order valence-electron chi connectivity index (χ2n) is 3.57. The number of thiophene rings is 1. The first-order chi connectivity index (χ1) is 7.72. The molecule has 4 nitrogen and oxygen atoms in total. The van der Waals surface area contributed by atoms with E-state index in [1.54, 1.807) is 6.92 Å². The van der Waals surface area contributed by atoms with Crippen molar-refractivity contribution in [3.8, 4) is 0 Å². The molecule has 0 radical (unpaired) electrons. The molecule has 0 saturated heterocycles. The Balaban J connectivity index is 2.12. The number of nitrogens with zero attached hydrogens (tertiary/aromatic N) is 1. The van der Waals surface area contributed by atoms with Gasteiger partial charge in [0.2, 0.25) is 0 Å². The smallest absolute Gasteiger partial charge is 0.410 e. The van der Waals surface area contributed by atoms with E-state index in [0.717, 1.165) is 16.9 Å². The van der Waals surface area contributed by atoms with E-state index in [4.69, 9.17) is 4.74 Å². The summed E-state index contributed by atoms with van der Waals surface area (Å²) in [5.41, 5.74) is 1.04. The lowest BCUT2D eigenvalue weighted by molar-refractivity contribution is 0.0858. The van der Waals surface area contributed by atoms with Gasteiger partial charge in [0.25, 0.3) is 0 Å². The van der Waals surface area contributed by atoms with Crippen LogP contribution >= 0.6 is 11.3 Å². The molecule has 2 rings (SSSR count). The van der Waals surface area contributed by atoms with Crippen molar-refractivity contribution in [2.45, 2.75) is 13.3 Å². The predicted molar refractivity (Wildman–Crippen MR) is 60.9 cm³/mol. The minimum atomic E-state index is -0.397. The zero-order valence-electron chi connectivity index (χ0n) is 9.06. The van der Waals surface area contributed by atoms with Gasteiger partial charge in [0.1, 0.15) is 0 Å². The van der Waals surface area contributed by atoms with Crippen LogP contribution in [0.2, 0.25) is 0 Å². The van der Waals surface area contributed by atoms with E-state index in [1.807, 2.05) is 11.4 Å². The summed E-state index contributed by atoms with van der Waals surface area (Å²) in [5, 5.41) is 1.92. The summed E-state index contributed by atoms with van der Waals surface area (Å²) in [7, 11) is 0. The normalized spacial score (nSPS) is 15.6. The number of Topliss-reactive ketones (excluding diaryl/α,β-unsaturated/α-hetero) is 1. The Labute approximate surface area is 97.8 Å². The van der Waals surface area contributed by atoms with E-state index in [-0.39, 0.29) is 12.3 Å². The molecule has 0 aromatic carbocycles. The number of carbonyl (C=O) groups excluding carboxylic acids is 2. The standard InChI is InChI=1S/C11H13NO3S/c1-2-15-11(14)12-5-3-8-4-6-16-10(8)9(13)7-12/h4,6H,2-3,5,7H2,1H3. The lowest BCUT2D eigenvalue weighted by atomic mass is 10.2. The molecule has 0 bridgehead atoms. The van der Waals surface area contributed by atoms with Crippen LogP contribution in [0.25, 0.3) is 0 Å². The summed E-state index contributed by atoms with van der Waals surface area (Å²) >= 11 is 1.45. The summed E-state index contributed by atoms with van der Waals surface area (Å²) in [4.78, 5) is 25.6. The highest BCUT2D eigenvalue weighted by atomic mass is 32.1. The zero-order valence-corrected chi connectivity index (χ0v) is 9.88. The average Bonchev–Trinajstić information content (AvgIpc) is 2.66. The van der Waals surface area contributed by atoms with E-state index in [0.29, 0.717) is 13.2 Å². The molecule has 0 aliphatic carbocycles. The van der Waals surface area contributed by atoms with Crippen molar-refractivity contribution in [1.82, 2.24) is 4.90 Å². The van der Waals surface area contributed by atoms with Crippen LogP contribution < -0.4 is 0 Å². The van der Waals surface area contributed by atoms with Gasteiger partial charge in [-0.2, -0.15) is 0 Å². The van der Waals surface area contributed by atoms with Crippen molar-refractivity contribution in [3.63, 3.8) is 0 Å². The Hall–Kier alpha value is -1.36. The molecular formula is C11H13NO3S. The first-order valence-corrected chi connectivity index (χ1v) is 6.11. The fourth-order valence-electron chi connectivity index (χ4n) is 1.73. The molecule has 16 heavy (non-hydrogen) atoms. The Morgan fingerprint density at radius 3 is 3.19 bits per heavy atom. The van der Waals surface area contributed by atoms with E-state index >= 15 is 0 Å². The summed E-state index contributed by atoms with van der Waals surface area (Å²) in [6.45, 7) is 2.78. The van der Waals surface area contributed by atoms with Gasteiger partial charge in [0, 0.05) is 6.54 Å². The minimum Gasteiger partial charge on any atom is -0.450 e. The lowest BCUT2D eigenvalue weighted by Gasteiger charge is -2.18. The molecule has 1 amide bonds. The third-order valence-electron chi connectivity index (χ3n) is 2.51. The maximum absolute atomic E-state index is 11.8. The number of rotatable bonds is 1. The van der Waals surface area contributed by atoms with Crippen LogP contribution in [0.15, 0.2) is 11.4 Å². The molecule has 0 N–H and O–H groups in total. The van der Waals surface area contributed by atoms with Gasteiger partial charge < -0.3 is 9.64 Å². The fraction of sp³-hybridized carbons (Fsp3) is 0.455. The number of amides is 1. The maximum Gasteiger partial charge on any atom is 0.410 e.